The molecule has 164 valence electrons. The third-order valence-electron chi connectivity index (χ3n) is 4.74. The molecule has 0 aliphatic heterocycles. The van der Waals surface area contributed by atoms with E-state index in [0.717, 1.165) is 16.7 Å². The Balaban J connectivity index is 1.94. The fourth-order valence-corrected chi connectivity index (χ4v) is 3.32. The highest BCUT2D eigenvalue weighted by Crippen LogP contribution is 2.31. The van der Waals surface area contributed by atoms with Crippen molar-refractivity contribution in [3.8, 4) is 28.6 Å². The predicted octanol–water partition coefficient (Wildman–Crippen LogP) is 2.96. The number of alkyl carbamates (subject to hydrolysis) is 1. The summed E-state index contributed by atoms with van der Waals surface area (Å²) in [6, 6.07) is 7.12. The minimum absolute atomic E-state index is 0.292. The number of rotatable bonds is 7. The standard InChI is InChI=1S/C22H25N3O6/c1-12-8-14(9-13(2)19(12)31-7-6-23-22(27)30-5)20-24-16-10-15(28-3)11-17(29-4)18(16)21(26)25-20/h8-11H,6-7H2,1-5H3,(H,23,27)(H,24,25,26). The van der Waals surface area contributed by atoms with Crippen molar-refractivity contribution < 1.29 is 23.7 Å². The van der Waals surface area contributed by atoms with Crippen LogP contribution < -0.4 is 25.1 Å². The van der Waals surface area contributed by atoms with Gasteiger partial charge in [0.2, 0.25) is 0 Å². The summed E-state index contributed by atoms with van der Waals surface area (Å²) in [5.74, 6) is 2.08. The second-order valence-corrected chi connectivity index (χ2v) is 6.84. The maximum absolute atomic E-state index is 12.8. The molecule has 0 radical (unpaired) electrons. The Morgan fingerprint density at radius 1 is 1.06 bits per heavy atom. The van der Waals surface area contributed by atoms with Crippen molar-refractivity contribution in [3.63, 3.8) is 0 Å². The first-order valence-electron chi connectivity index (χ1n) is 9.60. The highest BCUT2D eigenvalue weighted by atomic mass is 16.5. The minimum Gasteiger partial charge on any atom is -0.497 e. The van der Waals surface area contributed by atoms with Crippen LogP contribution in [0.15, 0.2) is 29.1 Å². The van der Waals surface area contributed by atoms with Gasteiger partial charge in [0, 0.05) is 17.7 Å². The quantitative estimate of drug-likeness (QED) is 0.558. The zero-order valence-electron chi connectivity index (χ0n) is 18.1. The molecule has 31 heavy (non-hydrogen) atoms. The molecule has 9 nitrogen and oxygen atoms in total. The van der Waals surface area contributed by atoms with Crippen molar-refractivity contribution >= 4 is 17.0 Å². The molecule has 0 aliphatic carbocycles. The molecule has 0 unspecified atom stereocenters. The van der Waals surface area contributed by atoms with E-state index in [1.165, 1.54) is 14.2 Å². The van der Waals surface area contributed by atoms with Gasteiger partial charge < -0.3 is 29.2 Å². The topological polar surface area (TPSA) is 112 Å². The van der Waals surface area contributed by atoms with Gasteiger partial charge in [-0.2, -0.15) is 0 Å². The molecule has 0 bridgehead atoms. The Hall–Kier alpha value is -3.75. The lowest BCUT2D eigenvalue weighted by molar-refractivity contribution is 0.168. The monoisotopic (exact) mass is 427 g/mol. The molecular formula is C22H25N3O6. The molecule has 3 aromatic rings. The van der Waals surface area contributed by atoms with E-state index in [9.17, 15) is 9.59 Å². The van der Waals surface area contributed by atoms with Gasteiger partial charge in [-0.05, 0) is 37.1 Å². The SMILES string of the molecule is COC(=O)NCCOc1c(C)cc(-c2nc3cc(OC)cc(OC)c3c(=O)[nH]2)cc1C. The highest BCUT2D eigenvalue weighted by Gasteiger charge is 2.15. The van der Waals surface area contributed by atoms with Crippen molar-refractivity contribution in [2.75, 3.05) is 34.5 Å². The molecule has 9 heteroatoms. The molecule has 1 aromatic heterocycles. The van der Waals surface area contributed by atoms with Crippen molar-refractivity contribution in [3.05, 3.63) is 45.7 Å². The zero-order chi connectivity index (χ0) is 22.5. The normalized spacial score (nSPS) is 10.6. The van der Waals surface area contributed by atoms with Crippen LogP contribution in [0, 0.1) is 13.8 Å². The first-order valence-corrected chi connectivity index (χ1v) is 9.60. The van der Waals surface area contributed by atoms with Crippen molar-refractivity contribution in [2.24, 2.45) is 0 Å². The molecule has 0 aliphatic rings. The number of ether oxygens (including phenoxy) is 4. The largest absolute Gasteiger partial charge is 0.497 e. The number of amides is 1. The summed E-state index contributed by atoms with van der Waals surface area (Å²) in [5, 5.41) is 2.92. The lowest BCUT2D eigenvalue weighted by atomic mass is 10.0. The summed E-state index contributed by atoms with van der Waals surface area (Å²) in [5.41, 5.74) is 2.66. The van der Waals surface area contributed by atoms with Crippen LogP contribution in [-0.4, -0.2) is 50.5 Å². The third-order valence-corrected chi connectivity index (χ3v) is 4.74. The number of methoxy groups -OCH3 is 3. The van der Waals surface area contributed by atoms with E-state index >= 15 is 0 Å². The molecule has 0 saturated heterocycles. The van der Waals surface area contributed by atoms with E-state index in [1.807, 2.05) is 26.0 Å². The van der Waals surface area contributed by atoms with E-state index in [2.05, 4.69) is 20.0 Å². The van der Waals surface area contributed by atoms with Gasteiger partial charge in [0.1, 0.15) is 35.1 Å². The number of aryl methyl sites for hydroxylation is 2. The number of carbonyl (C=O) groups is 1. The third kappa shape index (κ3) is 4.71. The van der Waals surface area contributed by atoms with Crippen LogP contribution in [0.5, 0.6) is 17.2 Å². The van der Waals surface area contributed by atoms with Crippen LogP contribution >= 0.6 is 0 Å². The van der Waals surface area contributed by atoms with Crippen molar-refractivity contribution in [1.82, 2.24) is 15.3 Å². The van der Waals surface area contributed by atoms with Gasteiger partial charge in [-0.3, -0.25) is 4.79 Å². The number of nitrogens with one attached hydrogen (secondary N) is 2. The van der Waals surface area contributed by atoms with Crippen LogP contribution in [0.2, 0.25) is 0 Å². The zero-order valence-corrected chi connectivity index (χ0v) is 18.1. The smallest absolute Gasteiger partial charge is 0.406 e. The number of hydrogen-bond acceptors (Lipinski definition) is 7. The fourth-order valence-electron chi connectivity index (χ4n) is 3.32. The molecule has 0 spiro atoms. The van der Waals surface area contributed by atoms with Gasteiger partial charge >= 0.3 is 6.09 Å². The molecule has 2 aromatic carbocycles. The molecule has 2 N–H and O–H groups in total. The average molecular weight is 427 g/mol. The van der Waals surface area contributed by atoms with Crippen LogP contribution in [0.4, 0.5) is 4.79 Å². The number of benzene rings is 2. The number of aromatic amines is 1. The molecule has 3 rings (SSSR count). The summed E-state index contributed by atoms with van der Waals surface area (Å²) in [7, 11) is 4.34. The summed E-state index contributed by atoms with van der Waals surface area (Å²) in [6.45, 7) is 4.42. The van der Waals surface area contributed by atoms with E-state index in [-0.39, 0.29) is 5.56 Å². The Morgan fingerprint density at radius 3 is 2.39 bits per heavy atom. The molecule has 1 amide bonds. The Kier molecular flexibility index (Phi) is 6.64. The van der Waals surface area contributed by atoms with E-state index in [4.69, 9.17) is 14.2 Å². The van der Waals surface area contributed by atoms with Crippen LogP contribution in [0.1, 0.15) is 11.1 Å². The lowest BCUT2D eigenvalue weighted by Crippen LogP contribution is -2.27. The van der Waals surface area contributed by atoms with Gasteiger partial charge in [0.15, 0.2) is 0 Å². The summed E-state index contributed by atoms with van der Waals surface area (Å²) in [4.78, 5) is 31.3. The lowest BCUT2D eigenvalue weighted by Gasteiger charge is -2.15. The van der Waals surface area contributed by atoms with Crippen LogP contribution in [0.25, 0.3) is 22.3 Å². The van der Waals surface area contributed by atoms with E-state index < -0.39 is 6.09 Å². The Bertz CT molecular complexity index is 1150. The minimum atomic E-state index is -0.507. The molecule has 0 atom stereocenters. The van der Waals surface area contributed by atoms with Crippen molar-refractivity contribution in [2.45, 2.75) is 13.8 Å². The number of aromatic nitrogens is 2. The van der Waals surface area contributed by atoms with E-state index in [0.29, 0.717) is 47.1 Å². The summed E-state index contributed by atoms with van der Waals surface area (Å²) < 4.78 is 21.0. The fraction of sp³-hybridized carbons (Fsp3) is 0.318. The highest BCUT2D eigenvalue weighted by molar-refractivity contribution is 5.87. The van der Waals surface area contributed by atoms with Gasteiger partial charge in [-0.25, -0.2) is 9.78 Å². The second-order valence-electron chi connectivity index (χ2n) is 6.84. The van der Waals surface area contributed by atoms with Crippen LogP contribution in [0.3, 0.4) is 0 Å². The van der Waals surface area contributed by atoms with Crippen LogP contribution in [-0.2, 0) is 4.74 Å². The second kappa shape index (κ2) is 9.38. The van der Waals surface area contributed by atoms with Gasteiger partial charge in [0.25, 0.3) is 5.56 Å². The first kappa shape index (κ1) is 21.9. The molecule has 1 heterocycles. The molecule has 0 fully saturated rings. The number of H-pyrrole nitrogens is 1. The molecule has 0 saturated carbocycles. The van der Waals surface area contributed by atoms with Gasteiger partial charge in [0.05, 0.1) is 33.4 Å². The summed E-state index contributed by atoms with van der Waals surface area (Å²) in [6.07, 6.45) is -0.507. The molecular weight excluding hydrogens is 402 g/mol. The predicted molar refractivity (Wildman–Crippen MR) is 116 cm³/mol. The van der Waals surface area contributed by atoms with Crippen molar-refractivity contribution in [1.29, 1.82) is 0 Å². The van der Waals surface area contributed by atoms with Gasteiger partial charge in [-0.1, -0.05) is 0 Å². The number of nitrogens with zero attached hydrogens (tertiary/aromatic N) is 1. The average Bonchev–Trinajstić information content (AvgIpc) is 2.76. The van der Waals surface area contributed by atoms with Gasteiger partial charge in [-0.15, -0.1) is 0 Å². The number of hydrogen-bond donors (Lipinski definition) is 2. The Morgan fingerprint density at radius 2 is 1.77 bits per heavy atom. The Labute approximate surface area is 179 Å². The number of fused-ring (bicyclic) bond motifs is 1. The number of carbonyl (C=O) groups excluding carboxylic acids is 1. The van der Waals surface area contributed by atoms with E-state index in [1.54, 1.807) is 19.2 Å². The first-order chi connectivity index (χ1) is 14.9. The maximum atomic E-state index is 12.8. The maximum Gasteiger partial charge on any atom is 0.406 e. The summed E-state index contributed by atoms with van der Waals surface area (Å²) >= 11 is 0.